The van der Waals surface area contributed by atoms with Crippen molar-refractivity contribution in [1.29, 1.82) is 0 Å². The van der Waals surface area contributed by atoms with E-state index < -0.39 is 32.7 Å². The highest BCUT2D eigenvalue weighted by Crippen LogP contribution is 2.00. The first-order valence-electron chi connectivity index (χ1n) is 5.03. The number of carbonyl (C=O) groups excluding carboxylic acids is 1. The second kappa shape index (κ2) is 7.54. The Kier molecular flexibility index (Phi) is 7.21. The number of hydrogen-bond acceptors (Lipinski definition) is 5. The van der Waals surface area contributed by atoms with Crippen LogP contribution in [0.2, 0.25) is 0 Å². The van der Waals surface area contributed by atoms with E-state index in [1.165, 1.54) is 13.8 Å². The van der Waals surface area contributed by atoms with E-state index in [1.54, 1.807) is 0 Å². The third-order valence-electron chi connectivity index (χ3n) is 1.84. The second-order valence-corrected chi connectivity index (χ2v) is 7.31. The van der Waals surface area contributed by atoms with E-state index in [0.717, 1.165) is 11.8 Å². The van der Waals surface area contributed by atoms with Crippen molar-refractivity contribution in [2.75, 3.05) is 23.8 Å². The molecular weight excluding hydrogens is 266 g/mol. The Morgan fingerprint density at radius 1 is 1.35 bits per heavy atom. The Morgan fingerprint density at radius 2 is 1.94 bits per heavy atom. The molecule has 0 unspecified atom stereocenters. The maximum atomic E-state index is 11.4. The minimum Gasteiger partial charge on any atom is -0.481 e. The van der Waals surface area contributed by atoms with Crippen molar-refractivity contribution in [1.82, 2.24) is 5.32 Å². The Bertz CT molecular complexity index is 364. The third-order valence-corrected chi connectivity index (χ3v) is 4.89. The third kappa shape index (κ3) is 8.03. The number of thioether (sulfide) groups is 1. The molecule has 1 amide bonds. The van der Waals surface area contributed by atoms with Crippen LogP contribution >= 0.6 is 11.8 Å². The van der Waals surface area contributed by atoms with E-state index in [-0.39, 0.29) is 12.3 Å². The van der Waals surface area contributed by atoms with Crippen LogP contribution in [0.5, 0.6) is 0 Å². The smallest absolute Gasteiger partial charge is 0.313 e. The van der Waals surface area contributed by atoms with E-state index in [9.17, 15) is 18.0 Å². The van der Waals surface area contributed by atoms with Crippen molar-refractivity contribution in [2.24, 2.45) is 0 Å². The quantitative estimate of drug-likeness (QED) is 0.595. The van der Waals surface area contributed by atoms with Crippen LogP contribution < -0.4 is 5.32 Å². The number of aliphatic carboxylic acids is 1. The Balaban J connectivity index is 3.78. The van der Waals surface area contributed by atoms with Crippen LogP contribution in [0.1, 0.15) is 13.8 Å². The number of carboxylic acids is 1. The highest BCUT2D eigenvalue weighted by atomic mass is 32.2. The number of carbonyl (C=O) groups is 2. The van der Waals surface area contributed by atoms with Gasteiger partial charge in [-0.25, -0.2) is 8.42 Å². The molecule has 0 aliphatic heterocycles. The van der Waals surface area contributed by atoms with E-state index in [2.05, 4.69) is 5.32 Å². The van der Waals surface area contributed by atoms with Crippen molar-refractivity contribution in [3.05, 3.63) is 0 Å². The predicted octanol–water partition coefficient (Wildman–Crippen LogP) is -0.256. The van der Waals surface area contributed by atoms with Gasteiger partial charge in [-0.2, -0.15) is 0 Å². The van der Waals surface area contributed by atoms with E-state index in [0.29, 0.717) is 5.75 Å². The summed E-state index contributed by atoms with van der Waals surface area (Å²) in [5, 5.41) is 10.2. The fourth-order valence-electron chi connectivity index (χ4n) is 0.823. The Labute approximate surface area is 105 Å². The number of nitrogens with one attached hydrogen (secondary N) is 1. The lowest BCUT2D eigenvalue weighted by molar-refractivity contribution is -0.133. The summed E-state index contributed by atoms with van der Waals surface area (Å²) in [6.45, 7) is 3.31. The molecule has 0 aliphatic carbocycles. The second-order valence-electron chi connectivity index (χ2n) is 3.65. The molecule has 2 N–H and O–H groups in total. The van der Waals surface area contributed by atoms with Gasteiger partial charge in [0.1, 0.15) is 5.75 Å². The fourth-order valence-corrected chi connectivity index (χ4v) is 2.19. The highest BCUT2D eigenvalue weighted by molar-refractivity contribution is 7.99. The average Bonchev–Trinajstić information content (AvgIpc) is 2.15. The summed E-state index contributed by atoms with van der Waals surface area (Å²) in [6, 6.07) is 0. The maximum Gasteiger partial charge on any atom is 0.313 e. The van der Waals surface area contributed by atoms with Crippen molar-refractivity contribution in [3.63, 3.8) is 0 Å². The SMILES string of the molecule is CC(C)S(=O)(=O)CC(=O)NCCSCC(=O)O. The van der Waals surface area contributed by atoms with Gasteiger partial charge in [-0.3, -0.25) is 9.59 Å². The maximum absolute atomic E-state index is 11.4. The van der Waals surface area contributed by atoms with Crippen LogP contribution in [-0.4, -0.2) is 54.5 Å². The molecule has 6 nitrogen and oxygen atoms in total. The van der Waals surface area contributed by atoms with Gasteiger partial charge in [-0.05, 0) is 13.8 Å². The molecule has 8 heteroatoms. The first-order chi connectivity index (χ1) is 7.75. The molecule has 100 valence electrons. The standard InChI is InChI=1S/C9H17NO5S2/c1-7(2)17(14,15)6-8(11)10-3-4-16-5-9(12)13/h7H,3-6H2,1-2H3,(H,10,11)(H,12,13). The molecule has 0 aromatic carbocycles. The molecule has 0 saturated carbocycles. The van der Waals surface area contributed by atoms with Crippen LogP contribution in [0.3, 0.4) is 0 Å². The molecule has 0 aromatic heterocycles. The average molecular weight is 283 g/mol. The summed E-state index contributed by atoms with van der Waals surface area (Å²) in [6.07, 6.45) is 0. The number of hydrogen-bond donors (Lipinski definition) is 2. The summed E-state index contributed by atoms with van der Waals surface area (Å²) in [5.74, 6) is -1.56. The Morgan fingerprint density at radius 3 is 2.41 bits per heavy atom. The van der Waals surface area contributed by atoms with Crippen LogP contribution in [0, 0.1) is 0 Å². The zero-order valence-corrected chi connectivity index (χ0v) is 11.4. The Hall–Kier alpha value is -0.760. The summed E-state index contributed by atoms with van der Waals surface area (Å²) in [7, 11) is -3.37. The van der Waals surface area contributed by atoms with Crippen molar-refractivity contribution in [3.8, 4) is 0 Å². The number of sulfone groups is 1. The topological polar surface area (TPSA) is 101 Å². The molecule has 0 heterocycles. The van der Waals surface area contributed by atoms with Gasteiger partial charge in [0, 0.05) is 12.3 Å². The summed E-state index contributed by atoms with van der Waals surface area (Å²) in [5.41, 5.74) is 0. The molecule has 0 aromatic rings. The molecular formula is C9H17NO5S2. The summed E-state index contributed by atoms with van der Waals surface area (Å²) in [4.78, 5) is 21.4. The van der Waals surface area contributed by atoms with Crippen LogP contribution in [0.4, 0.5) is 0 Å². The highest BCUT2D eigenvalue weighted by Gasteiger charge is 2.20. The number of rotatable bonds is 8. The lowest BCUT2D eigenvalue weighted by Crippen LogP contribution is -2.34. The van der Waals surface area contributed by atoms with Crippen molar-refractivity contribution >= 4 is 33.5 Å². The lowest BCUT2D eigenvalue weighted by atomic mass is 10.6. The summed E-state index contributed by atoms with van der Waals surface area (Å²) < 4.78 is 22.8. The lowest BCUT2D eigenvalue weighted by Gasteiger charge is -2.08. The van der Waals surface area contributed by atoms with Crippen LogP contribution in [0.15, 0.2) is 0 Å². The first kappa shape index (κ1) is 16.2. The summed E-state index contributed by atoms with van der Waals surface area (Å²) >= 11 is 1.16. The number of carboxylic acid groups (broad SMARTS) is 1. The van der Waals surface area contributed by atoms with Gasteiger partial charge in [0.15, 0.2) is 9.84 Å². The van der Waals surface area contributed by atoms with Gasteiger partial charge in [0.25, 0.3) is 0 Å². The molecule has 0 atom stereocenters. The molecule has 0 saturated heterocycles. The van der Waals surface area contributed by atoms with Crippen molar-refractivity contribution in [2.45, 2.75) is 19.1 Å². The monoisotopic (exact) mass is 283 g/mol. The molecule has 0 aliphatic rings. The van der Waals surface area contributed by atoms with Crippen LogP contribution in [-0.2, 0) is 19.4 Å². The molecule has 0 radical (unpaired) electrons. The van der Waals surface area contributed by atoms with E-state index in [4.69, 9.17) is 5.11 Å². The van der Waals surface area contributed by atoms with E-state index in [1.807, 2.05) is 0 Å². The molecule has 17 heavy (non-hydrogen) atoms. The van der Waals surface area contributed by atoms with Gasteiger partial charge < -0.3 is 10.4 Å². The minimum absolute atomic E-state index is 0.0276. The zero-order valence-electron chi connectivity index (χ0n) is 9.80. The normalized spacial score (nSPS) is 11.5. The fraction of sp³-hybridized carbons (Fsp3) is 0.778. The first-order valence-corrected chi connectivity index (χ1v) is 7.90. The zero-order chi connectivity index (χ0) is 13.5. The molecule has 0 spiro atoms. The number of amides is 1. The molecule has 0 rings (SSSR count). The van der Waals surface area contributed by atoms with Gasteiger partial charge >= 0.3 is 5.97 Å². The van der Waals surface area contributed by atoms with E-state index >= 15 is 0 Å². The van der Waals surface area contributed by atoms with Crippen LogP contribution in [0.25, 0.3) is 0 Å². The predicted molar refractivity (Wildman–Crippen MR) is 66.9 cm³/mol. The van der Waals surface area contributed by atoms with Gasteiger partial charge in [0.2, 0.25) is 5.91 Å². The van der Waals surface area contributed by atoms with Gasteiger partial charge in [-0.15, -0.1) is 11.8 Å². The minimum atomic E-state index is -3.37. The molecule has 0 fully saturated rings. The van der Waals surface area contributed by atoms with Crippen molar-refractivity contribution < 1.29 is 23.1 Å². The van der Waals surface area contributed by atoms with Gasteiger partial charge in [-0.1, -0.05) is 0 Å². The van der Waals surface area contributed by atoms with Gasteiger partial charge in [0.05, 0.1) is 11.0 Å². The molecule has 0 bridgehead atoms. The largest absolute Gasteiger partial charge is 0.481 e.